The summed E-state index contributed by atoms with van der Waals surface area (Å²) in [7, 11) is 0. The van der Waals surface area contributed by atoms with Gasteiger partial charge in [-0.3, -0.25) is 4.90 Å². The molecular formula is C14H25F3N2. The molecule has 2 nitrogen and oxygen atoms in total. The van der Waals surface area contributed by atoms with E-state index in [0.29, 0.717) is 18.1 Å². The topological polar surface area (TPSA) is 15.3 Å². The van der Waals surface area contributed by atoms with E-state index in [1.54, 1.807) is 0 Å². The predicted molar refractivity (Wildman–Crippen MR) is 70.1 cm³/mol. The van der Waals surface area contributed by atoms with Crippen molar-refractivity contribution in [2.24, 2.45) is 0 Å². The van der Waals surface area contributed by atoms with Gasteiger partial charge in [0.05, 0.1) is 6.42 Å². The smallest absolute Gasteiger partial charge is 0.314 e. The SMILES string of the molecule is CCCNC1CC2CCCC(C1)N2CCC(F)(F)F. The Morgan fingerprint density at radius 3 is 2.32 bits per heavy atom. The minimum atomic E-state index is -4.02. The fourth-order valence-corrected chi connectivity index (χ4v) is 3.61. The molecule has 0 saturated carbocycles. The van der Waals surface area contributed by atoms with E-state index in [9.17, 15) is 13.2 Å². The maximum atomic E-state index is 12.4. The number of hydrogen-bond acceptors (Lipinski definition) is 2. The van der Waals surface area contributed by atoms with Gasteiger partial charge in [0.1, 0.15) is 0 Å². The van der Waals surface area contributed by atoms with Crippen LogP contribution in [0.1, 0.15) is 51.9 Å². The zero-order chi connectivity index (χ0) is 13.9. The Morgan fingerprint density at radius 1 is 1.16 bits per heavy atom. The third-order valence-electron chi connectivity index (χ3n) is 4.46. The first-order valence-electron chi connectivity index (χ1n) is 7.55. The highest BCUT2D eigenvalue weighted by atomic mass is 19.4. The zero-order valence-electron chi connectivity index (χ0n) is 11.7. The second kappa shape index (κ2) is 6.44. The largest absolute Gasteiger partial charge is 0.390 e. The Labute approximate surface area is 113 Å². The minimum Gasteiger partial charge on any atom is -0.314 e. The monoisotopic (exact) mass is 278 g/mol. The van der Waals surface area contributed by atoms with Crippen molar-refractivity contribution in [3.8, 4) is 0 Å². The fraction of sp³-hybridized carbons (Fsp3) is 1.00. The molecule has 0 aliphatic carbocycles. The van der Waals surface area contributed by atoms with E-state index in [-0.39, 0.29) is 6.54 Å². The number of fused-ring (bicyclic) bond motifs is 2. The molecule has 0 amide bonds. The van der Waals surface area contributed by atoms with Gasteiger partial charge in [-0.05, 0) is 38.6 Å². The Hall–Kier alpha value is -0.290. The van der Waals surface area contributed by atoms with Crippen molar-refractivity contribution in [3.63, 3.8) is 0 Å². The first-order chi connectivity index (χ1) is 8.99. The zero-order valence-corrected chi connectivity index (χ0v) is 11.7. The molecule has 2 unspecified atom stereocenters. The van der Waals surface area contributed by atoms with Gasteiger partial charge in [-0.25, -0.2) is 0 Å². The van der Waals surface area contributed by atoms with E-state index >= 15 is 0 Å². The van der Waals surface area contributed by atoms with Gasteiger partial charge in [-0.1, -0.05) is 13.3 Å². The maximum absolute atomic E-state index is 12.4. The van der Waals surface area contributed by atoms with Crippen molar-refractivity contribution in [1.29, 1.82) is 0 Å². The summed E-state index contributed by atoms with van der Waals surface area (Å²) in [6.45, 7) is 3.36. The van der Waals surface area contributed by atoms with Crippen LogP contribution in [-0.2, 0) is 0 Å². The second-order valence-electron chi connectivity index (χ2n) is 5.96. The molecule has 2 fully saturated rings. The molecule has 2 bridgehead atoms. The number of nitrogens with one attached hydrogen (secondary N) is 1. The number of nitrogens with zero attached hydrogens (tertiary/aromatic N) is 1. The van der Waals surface area contributed by atoms with Crippen LogP contribution >= 0.6 is 0 Å². The van der Waals surface area contributed by atoms with Gasteiger partial charge in [0.25, 0.3) is 0 Å². The average Bonchev–Trinajstić information content (AvgIpc) is 2.32. The molecule has 2 saturated heterocycles. The molecule has 2 aliphatic heterocycles. The predicted octanol–water partition coefficient (Wildman–Crippen LogP) is 3.32. The highest BCUT2D eigenvalue weighted by molar-refractivity contribution is 4.95. The highest BCUT2D eigenvalue weighted by Crippen LogP contribution is 2.35. The van der Waals surface area contributed by atoms with Crippen LogP contribution in [-0.4, -0.2) is 42.3 Å². The number of piperidine rings is 2. The summed E-state index contributed by atoms with van der Waals surface area (Å²) in [6.07, 6.45) is 1.79. The van der Waals surface area contributed by atoms with Gasteiger partial charge in [0.2, 0.25) is 0 Å². The molecule has 2 atom stereocenters. The van der Waals surface area contributed by atoms with E-state index < -0.39 is 12.6 Å². The summed E-state index contributed by atoms with van der Waals surface area (Å²) in [5.41, 5.74) is 0. The molecule has 0 aromatic heterocycles. The maximum Gasteiger partial charge on any atom is 0.390 e. The molecule has 0 spiro atoms. The molecule has 2 heterocycles. The van der Waals surface area contributed by atoms with Gasteiger partial charge in [-0.15, -0.1) is 0 Å². The number of hydrogen-bond donors (Lipinski definition) is 1. The lowest BCUT2D eigenvalue weighted by Gasteiger charge is -2.49. The van der Waals surface area contributed by atoms with Crippen LogP contribution in [0.4, 0.5) is 13.2 Å². The van der Waals surface area contributed by atoms with Gasteiger partial charge in [0, 0.05) is 24.7 Å². The Kier molecular flexibility index (Phi) is 5.12. The number of halogens is 3. The van der Waals surface area contributed by atoms with Crippen LogP contribution in [0.3, 0.4) is 0 Å². The van der Waals surface area contributed by atoms with Crippen LogP contribution in [0.25, 0.3) is 0 Å². The summed E-state index contributed by atoms with van der Waals surface area (Å²) in [5, 5.41) is 3.54. The van der Waals surface area contributed by atoms with E-state index in [0.717, 1.165) is 38.6 Å². The lowest BCUT2D eigenvalue weighted by Crippen LogP contribution is -2.56. The van der Waals surface area contributed by atoms with Crippen molar-refractivity contribution in [1.82, 2.24) is 10.2 Å². The van der Waals surface area contributed by atoms with Crippen molar-refractivity contribution < 1.29 is 13.2 Å². The van der Waals surface area contributed by atoms with Crippen LogP contribution in [0.15, 0.2) is 0 Å². The third-order valence-corrected chi connectivity index (χ3v) is 4.46. The average molecular weight is 278 g/mol. The molecule has 19 heavy (non-hydrogen) atoms. The first-order valence-corrected chi connectivity index (χ1v) is 7.55. The first kappa shape index (κ1) is 15.1. The lowest BCUT2D eigenvalue weighted by molar-refractivity contribution is -0.143. The normalized spacial score (nSPS) is 32.5. The second-order valence-corrected chi connectivity index (χ2v) is 5.96. The Bertz CT molecular complexity index is 266. The van der Waals surface area contributed by atoms with E-state index in [1.165, 1.54) is 6.42 Å². The summed E-state index contributed by atoms with van der Waals surface area (Å²) in [5.74, 6) is 0. The molecular weight excluding hydrogens is 253 g/mol. The number of rotatable bonds is 5. The van der Waals surface area contributed by atoms with Crippen molar-refractivity contribution in [2.45, 2.75) is 76.2 Å². The van der Waals surface area contributed by atoms with Crippen LogP contribution in [0, 0.1) is 0 Å². The van der Waals surface area contributed by atoms with Gasteiger partial charge in [-0.2, -0.15) is 13.2 Å². The van der Waals surface area contributed by atoms with E-state index in [2.05, 4.69) is 17.1 Å². The van der Waals surface area contributed by atoms with E-state index in [1.807, 2.05) is 0 Å². The van der Waals surface area contributed by atoms with E-state index in [4.69, 9.17) is 0 Å². The molecule has 2 rings (SSSR count). The number of alkyl halides is 3. The summed E-state index contributed by atoms with van der Waals surface area (Å²) < 4.78 is 37.2. The molecule has 112 valence electrons. The Morgan fingerprint density at radius 2 is 1.79 bits per heavy atom. The summed E-state index contributed by atoms with van der Waals surface area (Å²) in [4.78, 5) is 2.14. The molecule has 0 aromatic carbocycles. The quantitative estimate of drug-likeness (QED) is 0.830. The van der Waals surface area contributed by atoms with Crippen LogP contribution in [0.2, 0.25) is 0 Å². The summed E-state index contributed by atoms with van der Waals surface area (Å²) in [6, 6.07) is 1.24. The van der Waals surface area contributed by atoms with Gasteiger partial charge < -0.3 is 5.32 Å². The molecule has 0 aromatic rings. The third kappa shape index (κ3) is 4.35. The summed E-state index contributed by atoms with van der Waals surface area (Å²) >= 11 is 0. The molecule has 1 N–H and O–H groups in total. The lowest BCUT2D eigenvalue weighted by atomic mass is 9.81. The molecule has 5 heteroatoms. The van der Waals surface area contributed by atoms with Crippen molar-refractivity contribution in [3.05, 3.63) is 0 Å². The highest BCUT2D eigenvalue weighted by Gasteiger charge is 2.39. The molecule has 0 radical (unpaired) electrons. The van der Waals surface area contributed by atoms with Crippen molar-refractivity contribution in [2.75, 3.05) is 13.1 Å². The fourth-order valence-electron chi connectivity index (χ4n) is 3.61. The van der Waals surface area contributed by atoms with Crippen molar-refractivity contribution >= 4 is 0 Å². The van der Waals surface area contributed by atoms with Gasteiger partial charge >= 0.3 is 6.18 Å². The van der Waals surface area contributed by atoms with Crippen LogP contribution < -0.4 is 5.32 Å². The standard InChI is InChI=1S/C14H25F3N2/c1-2-7-18-11-9-12-4-3-5-13(10-11)19(12)8-6-14(15,16)17/h11-13,18H,2-10H2,1H3. The minimum absolute atomic E-state index is 0.194. The molecule has 2 aliphatic rings. The Balaban J connectivity index is 1.88. The van der Waals surface area contributed by atoms with Crippen LogP contribution in [0.5, 0.6) is 0 Å². The van der Waals surface area contributed by atoms with Gasteiger partial charge in [0.15, 0.2) is 0 Å².